The summed E-state index contributed by atoms with van der Waals surface area (Å²) in [5.74, 6) is -1.95. The van der Waals surface area contributed by atoms with Crippen LogP contribution >= 0.6 is 0 Å². The van der Waals surface area contributed by atoms with Gasteiger partial charge in [-0.05, 0) is 25.1 Å². The molecule has 0 aliphatic carbocycles. The van der Waals surface area contributed by atoms with E-state index in [-0.39, 0.29) is 35.1 Å². The Kier molecular flexibility index (Phi) is 5.35. The lowest BCUT2D eigenvalue weighted by molar-refractivity contribution is 0.101. The monoisotopic (exact) mass is 422 g/mol. The van der Waals surface area contributed by atoms with Crippen LogP contribution in [0, 0.1) is 18.6 Å². The van der Waals surface area contributed by atoms with Crippen LogP contribution in [-0.2, 0) is 6.42 Å². The third-order valence-electron chi connectivity index (χ3n) is 4.56. The van der Waals surface area contributed by atoms with E-state index in [1.165, 1.54) is 30.9 Å². The number of halogens is 2. The lowest BCUT2D eigenvalue weighted by Gasteiger charge is -2.07. The highest BCUT2D eigenvalue weighted by Crippen LogP contribution is 2.33. The second-order valence-electron chi connectivity index (χ2n) is 6.57. The third kappa shape index (κ3) is 4.08. The number of aromatic nitrogens is 4. The summed E-state index contributed by atoms with van der Waals surface area (Å²) in [6.07, 6.45) is 5.35. The van der Waals surface area contributed by atoms with Crippen LogP contribution in [0.25, 0.3) is 11.3 Å². The molecule has 0 bridgehead atoms. The van der Waals surface area contributed by atoms with Gasteiger partial charge in [-0.15, -0.1) is 0 Å². The molecule has 8 nitrogen and oxygen atoms in total. The normalized spacial score (nSPS) is 10.8. The van der Waals surface area contributed by atoms with E-state index in [0.29, 0.717) is 16.9 Å². The highest BCUT2D eigenvalue weighted by molar-refractivity contribution is 6.01. The summed E-state index contributed by atoms with van der Waals surface area (Å²) in [5.41, 5.74) is 7.57. The number of rotatable bonds is 5. The van der Waals surface area contributed by atoms with Crippen LogP contribution in [0.4, 0.5) is 20.5 Å². The lowest BCUT2D eigenvalue weighted by Crippen LogP contribution is -2.13. The number of oxazole rings is 1. The van der Waals surface area contributed by atoms with Crippen LogP contribution in [0.5, 0.6) is 0 Å². The summed E-state index contributed by atoms with van der Waals surface area (Å²) in [4.78, 5) is 28.5. The number of pyridine rings is 1. The fourth-order valence-corrected chi connectivity index (χ4v) is 2.96. The van der Waals surface area contributed by atoms with Crippen molar-refractivity contribution < 1.29 is 18.0 Å². The smallest absolute Gasteiger partial charge is 0.302 e. The van der Waals surface area contributed by atoms with Crippen LogP contribution in [0.15, 0.2) is 53.5 Å². The minimum atomic E-state index is -0.730. The molecule has 1 aromatic carbocycles. The average molecular weight is 422 g/mol. The summed E-state index contributed by atoms with van der Waals surface area (Å²) in [6, 6.07) is 5.00. The number of nitrogen functional groups attached to an aromatic ring is 1. The van der Waals surface area contributed by atoms with E-state index >= 15 is 0 Å². The van der Waals surface area contributed by atoms with Crippen molar-refractivity contribution in [1.82, 2.24) is 19.9 Å². The fraction of sp³-hybridized carbons (Fsp3) is 0.0952. The van der Waals surface area contributed by atoms with E-state index in [1.807, 2.05) is 0 Å². The molecule has 4 aromatic rings. The number of amides is 1. The van der Waals surface area contributed by atoms with Gasteiger partial charge in [-0.1, -0.05) is 6.07 Å². The van der Waals surface area contributed by atoms with Crippen molar-refractivity contribution in [2.45, 2.75) is 13.3 Å². The second-order valence-corrected chi connectivity index (χ2v) is 6.57. The van der Waals surface area contributed by atoms with E-state index < -0.39 is 17.5 Å². The van der Waals surface area contributed by atoms with Gasteiger partial charge in [0.15, 0.2) is 0 Å². The van der Waals surface area contributed by atoms with E-state index in [4.69, 9.17) is 10.2 Å². The van der Waals surface area contributed by atoms with Gasteiger partial charge < -0.3 is 10.2 Å². The predicted octanol–water partition coefficient (Wildman–Crippen LogP) is 3.54. The van der Waals surface area contributed by atoms with Gasteiger partial charge in [0.1, 0.15) is 28.8 Å². The molecule has 0 unspecified atom stereocenters. The first kappa shape index (κ1) is 20.1. The maximum Gasteiger partial charge on any atom is 0.302 e. The van der Waals surface area contributed by atoms with E-state index in [9.17, 15) is 13.6 Å². The Morgan fingerprint density at radius 3 is 2.61 bits per heavy atom. The number of carbonyl (C=O) groups is 1. The molecule has 3 heterocycles. The summed E-state index contributed by atoms with van der Waals surface area (Å²) >= 11 is 0. The van der Waals surface area contributed by atoms with Crippen LogP contribution in [0.2, 0.25) is 0 Å². The van der Waals surface area contributed by atoms with Crippen molar-refractivity contribution in [3.63, 3.8) is 0 Å². The Morgan fingerprint density at radius 2 is 1.90 bits per heavy atom. The number of anilines is 2. The van der Waals surface area contributed by atoms with Crippen LogP contribution in [-0.4, -0.2) is 25.8 Å². The van der Waals surface area contributed by atoms with Gasteiger partial charge in [0, 0.05) is 36.1 Å². The number of nitrogens with one attached hydrogen (secondary N) is 1. The third-order valence-corrected chi connectivity index (χ3v) is 4.56. The first-order valence-electron chi connectivity index (χ1n) is 9.15. The molecule has 0 fully saturated rings. The number of hydrogen-bond donors (Lipinski definition) is 2. The predicted molar refractivity (Wildman–Crippen MR) is 108 cm³/mol. The van der Waals surface area contributed by atoms with Crippen LogP contribution in [0.3, 0.4) is 0 Å². The Morgan fingerprint density at radius 1 is 1.13 bits per heavy atom. The molecule has 4 rings (SSSR count). The molecule has 1 amide bonds. The fourth-order valence-electron chi connectivity index (χ4n) is 2.96. The molecular weight excluding hydrogens is 406 g/mol. The zero-order chi connectivity index (χ0) is 22.0. The quantitative estimate of drug-likeness (QED) is 0.505. The van der Waals surface area contributed by atoms with Crippen LogP contribution in [0.1, 0.15) is 27.5 Å². The minimum absolute atomic E-state index is 0.0446. The van der Waals surface area contributed by atoms with Gasteiger partial charge >= 0.3 is 6.01 Å². The van der Waals surface area contributed by atoms with E-state index in [1.54, 1.807) is 13.0 Å². The van der Waals surface area contributed by atoms with E-state index in [2.05, 4.69) is 25.3 Å². The zero-order valence-electron chi connectivity index (χ0n) is 16.3. The maximum atomic E-state index is 14.2. The molecule has 10 heteroatoms. The standard InChI is InChI=1S/C21H16F2N6O2/c1-11-18(24)12(5-6-26-11)19-17(9-13-14(22)3-2-4-15(13)23)31-21(28-19)29-20(30)16-10-25-7-8-27-16/h2-8,10H,9,24H2,1H3,(H,28,29,30). The molecule has 3 N–H and O–H groups in total. The van der Waals surface area contributed by atoms with Gasteiger partial charge in [-0.3, -0.25) is 20.1 Å². The molecule has 156 valence electrons. The molecule has 0 atom stereocenters. The Labute approximate surface area is 175 Å². The van der Waals surface area contributed by atoms with Crippen molar-refractivity contribution in [2.75, 3.05) is 11.1 Å². The SMILES string of the molecule is Cc1nccc(-c2nc(NC(=O)c3cnccn3)oc2Cc2c(F)cccc2F)c1N. The highest BCUT2D eigenvalue weighted by Gasteiger charge is 2.22. The Bertz CT molecular complexity index is 1240. The van der Waals surface area contributed by atoms with Gasteiger partial charge in [-0.2, -0.15) is 4.98 Å². The molecule has 0 saturated heterocycles. The maximum absolute atomic E-state index is 14.2. The number of aryl methyl sites for hydroxylation is 1. The molecule has 0 radical (unpaired) electrons. The summed E-state index contributed by atoms with van der Waals surface area (Å²) in [7, 11) is 0. The molecular formula is C21H16F2N6O2. The molecule has 3 aromatic heterocycles. The van der Waals surface area contributed by atoms with Crippen molar-refractivity contribution in [1.29, 1.82) is 0 Å². The summed E-state index contributed by atoms with van der Waals surface area (Å²) < 4.78 is 34.1. The van der Waals surface area contributed by atoms with Gasteiger partial charge in [0.25, 0.3) is 5.91 Å². The van der Waals surface area contributed by atoms with Crippen molar-refractivity contribution >= 4 is 17.6 Å². The summed E-state index contributed by atoms with van der Waals surface area (Å²) in [5, 5.41) is 2.47. The number of nitrogens with zero attached hydrogens (tertiary/aromatic N) is 4. The van der Waals surface area contributed by atoms with Crippen molar-refractivity contribution in [2.24, 2.45) is 0 Å². The number of benzene rings is 1. The van der Waals surface area contributed by atoms with Crippen molar-refractivity contribution in [3.8, 4) is 11.3 Å². The number of nitrogens with two attached hydrogens (primary N) is 1. The van der Waals surface area contributed by atoms with Gasteiger partial charge in [0.05, 0.1) is 17.6 Å². The topological polar surface area (TPSA) is 120 Å². The van der Waals surface area contributed by atoms with Crippen molar-refractivity contribution in [3.05, 3.63) is 83.4 Å². The van der Waals surface area contributed by atoms with Gasteiger partial charge in [-0.25, -0.2) is 13.8 Å². The molecule has 0 aliphatic heterocycles. The second kappa shape index (κ2) is 8.27. The average Bonchev–Trinajstić information content (AvgIpc) is 3.15. The molecule has 0 spiro atoms. The molecule has 0 aliphatic rings. The number of hydrogen-bond acceptors (Lipinski definition) is 7. The first-order valence-corrected chi connectivity index (χ1v) is 9.15. The summed E-state index contributed by atoms with van der Waals surface area (Å²) in [6.45, 7) is 1.71. The zero-order valence-corrected chi connectivity index (χ0v) is 16.3. The molecule has 0 saturated carbocycles. The minimum Gasteiger partial charge on any atom is -0.427 e. The van der Waals surface area contributed by atoms with Crippen LogP contribution < -0.4 is 11.1 Å². The Hall–Kier alpha value is -4.21. The molecule has 31 heavy (non-hydrogen) atoms. The lowest BCUT2D eigenvalue weighted by atomic mass is 10.0. The number of carbonyl (C=O) groups excluding carboxylic acids is 1. The highest BCUT2D eigenvalue weighted by atomic mass is 19.1. The first-order chi connectivity index (χ1) is 14.9. The Balaban J connectivity index is 1.77. The van der Waals surface area contributed by atoms with E-state index in [0.717, 1.165) is 12.1 Å². The largest absolute Gasteiger partial charge is 0.427 e. The van der Waals surface area contributed by atoms with Gasteiger partial charge in [0.2, 0.25) is 0 Å².